The third-order valence-corrected chi connectivity index (χ3v) is 6.71. The number of fused-ring (bicyclic) bond motifs is 2. The number of benzene rings is 2. The van der Waals surface area contributed by atoms with Gasteiger partial charge < -0.3 is 25.5 Å². The number of rotatable bonds is 5. The third kappa shape index (κ3) is 6.48. The van der Waals surface area contributed by atoms with Crippen LogP contribution in [0.3, 0.4) is 0 Å². The number of carbonyl (C=O) groups excluding carboxylic acids is 1. The molecule has 4 N–H and O–H groups in total. The van der Waals surface area contributed by atoms with E-state index >= 15 is 0 Å². The maximum Gasteiger partial charge on any atom is 0.325 e. The van der Waals surface area contributed by atoms with Crippen LogP contribution in [0.2, 0.25) is 10.0 Å². The highest BCUT2D eigenvalue weighted by atomic mass is 35.5. The summed E-state index contributed by atoms with van der Waals surface area (Å²) in [4.78, 5) is 23.7. The molecule has 2 heterocycles. The molecule has 0 bridgehead atoms. The maximum absolute atomic E-state index is 11.2. The number of allylic oxidation sites excluding steroid dienone is 1. The number of carboxylic acid groups (broad SMARTS) is 1. The van der Waals surface area contributed by atoms with Crippen molar-refractivity contribution in [1.82, 2.24) is 10.2 Å². The molecule has 0 saturated heterocycles. The number of aliphatic carboxylic acids is 1. The van der Waals surface area contributed by atoms with Crippen LogP contribution in [-0.2, 0) is 17.8 Å². The second kappa shape index (κ2) is 12.4. The van der Waals surface area contributed by atoms with E-state index in [-0.39, 0.29) is 0 Å². The smallest absolute Gasteiger partial charge is 0.325 e. The van der Waals surface area contributed by atoms with E-state index in [2.05, 4.69) is 23.0 Å². The molecule has 36 heavy (non-hydrogen) atoms. The van der Waals surface area contributed by atoms with Crippen LogP contribution in [0.4, 0.5) is 0 Å². The Morgan fingerprint density at radius 2 is 1.89 bits per heavy atom. The zero-order valence-electron chi connectivity index (χ0n) is 20.6. The average Bonchev–Trinajstić information content (AvgIpc) is 3.62. The van der Waals surface area contributed by atoms with Crippen LogP contribution in [0, 0.1) is 0 Å². The Bertz CT molecular complexity index is 1250. The van der Waals surface area contributed by atoms with Gasteiger partial charge in [-0.1, -0.05) is 41.4 Å². The fraction of sp³-hybridized carbons (Fsp3) is 0.333. The average molecular weight is 532 g/mol. The zero-order chi connectivity index (χ0) is 26.4. The Kier molecular flexibility index (Phi) is 9.56. The lowest BCUT2D eigenvalue weighted by Gasteiger charge is -2.28. The number of hydrogen-bond acceptors (Lipinski definition) is 6. The summed E-state index contributed by atoms with van der Waals surface area (Å²) in [6.45, 7) is 3.42. The normalized spacial score (nSPS) is 15.0. The number of likely N-dealkylation sites (N-methyl/N-ethyl adjacent to an activating group) is 1. The second-order valence-corrected chi connectivity index (χ2v) is 9.45. The predicted octanol–water partition coefficient (Wildman–Crippen LogP) is 5.37. The number of aldehydes is 1. The number of hydrogen-bond donors (Lipinski definition) is 3. The number of carbonyl (C=O) groups is 2. The van der Waals surface area contributed by atoms with Crippen molar-refractivity contribution in [3.63, 3.8) is 0 Å². The van der Waals surface area contributed by atoms with E-state index in [0.717, 1.165) is 65.7 Å². The van der Waals surface area contributed by atoms with Gasteiger partial charge in [-0.25, -0.2) is 0 Å². The lowest BCUT2D eigenvalue weighted by molar-refractivity contribution is -0.138. The van der Waals surface area contributed by atoms with Crippen LogP contribution in [0.25, 0.3) is 16.7 Å². The first-order valence-corrected chi connectivity index (χ1v) is 12.5. The summed E-state index contributed by atoms with van der Waals surface area (Å²) < 4.78 is 5.15. The summed E-state index contributed by atoms with van der Waals surface area (Å²) in [5, 5.41) is 14.5. The van der Waals surface area contributed by atoms with Gasteiger partial charge in [-0.15, -0.1) is 0 Å². The molecule has 1 saturated carbocycles. The molecule has 0 amide bonds. The molecule has 0 radical (unpaired) electrons. The van der Waals surface area contributed by atoms with Crippen molar-refractivity contribution < 1.29 is 19.1 Å². The number of para-hydroxylation sites is 1. The third-order valence-electron chi connectivity index (χ3n) is 5.99. The van der Waals surface area contributed by atoms with E-state index in [1.54, 1.807) is 13.0 Å². The zero-order valence-corrected chi connectivity index (χ0v) is 22.1. The van der Waals surface area contributed by atoms with Gasteiger partial charge in [-0.3, -0.25) is 9.59 Å². The van der Waals surface area contributed by atoms with Crippen molar-refractivity contribution in [1.29, 1.82) is 0 Å². The minimum atomic E-state index is -0.893. The molecule has 3 aromatic rings. The van der Waals surface area contributed by atoms with Crippen molar-refractivity contribution in [2.45, 2.75) is 38.8 Å². The maximum atomic E-state index is 11.2. The Hall–Kier alpha value is -2.84. The minimum Gasteiger partial charge on any atom is -0.480 e. The highest BCUT2D eigenvalue weighted by Crippen LogP contribution is 2.43. The lowest BCUT2D eigenvalue weighted by Crippen LogP contribution is -2.33. The van der Waals surface area contributed by atoms with Crippen molar-refractivity contribution in [3.05, 3.63) is 74.5 Å². The van der Waals surface area contributed by atoms with Crippen LogP contribution in [0.1, 0.15) is 47.0 Å². The van der Waals surface area contributed by atoms with Gasteiger partial charge in [0.2, 0.25) is 0 Å². The van der Waals surface area contributed by atoms with E-state index in [4.69, 9.17) is 27.6 Å². The summed E-state index contributed by atoms with van der Waals surface area (Å²) in [6.07, 6.45) is 3.51. The van der Waals surface area contributed by atoms with Gasteiger partial charge in [0, 0.05) is 29.7 Å². The number of furan rings is 1. The van der Waals surface area contributed by atoms with Crippen LogP contribution < -0.4 is 11.1 Å². The molecule has 192 valence electrons. The van der Waals surface area contributed by atoms with Gasteiger partial charge in [0.25, 0.3) is 0 Å². The van der Waals surface area contributed by atoms with Crippen LogP contribution >= 0.6 is 23.2 Å². The van der Waals surface area contributed by atoms with Crippen molar-refractivity contribution >= 4 is 52.1 Å². The topological polar surface area (TPSA) is 109 Å². The molecule has 1 aliphatic heterocycles. The highest BCUT2D eigenvalue weighted by Gasteiger charge is 2.28. The Labute approximate surface area is 220 Å². The second-order valence-electron chi connectivity index (χ2n) is 8.66. The Morgan fingerprint density at radius 3 is 2.50 bits per heavy atom. The summed E-state index contributed by atoms with van der Waals surface area (Å²) >= 11 is 13.2. The molecular weight excluding hydrogens is 501 g/mol. The fourth-order valence-corrected chi connectivity index (χ4v) is 4.81. The number of nitrogens with one attached hydrogen (secondary N) is 1. The molecule has 1 fully saturated rings. The summed E-state index contributed by atoms with van der Waals surface area (Å²) in [5.74, 6) is -0.512. The lowest BCUT2D eigenvalue weighted by atomic mass is 9.95. The molecule has 0 spiro atoms. The Morgan fingerprint density at radius 1 is 1.19 bits per heavy atom. The minimum absolute atomic E-state index is 0.381. The Balaban J connectivity index is 0.000000231. The molecule has 2 aromatic carbocycles. The van der Waals surface area contributed by atoms with Gasteiger partial charge in [0.1, 0.15) is 11.6 Å². The molecule has 5 rings (SSSR count). The van der Waals surface area contributed by atoms with Gasteiger partial charge in [-0.05, 0) is 75.2 Å². The molecule has 1 atom stereocenters. The number of carboxylic acids is 1. The van der Waals surface area contributed by atoms with Crippen molar-refractivity contribution in [2.24, 2.45) is 5.73 Å². The van der Waals surface area contributed by atoms with Gasteiger partial charge in [0.15, 0.2) is 12.0 Å². The molecule has 1 aromatic heterocycles. The van der Waals surface area contributed by atoms with E-state index in [1.165, 1.54) is 12.6 Å². The predicted molar refractivity (Wildman–Crippen MR) is 145 cm³/mol. The quantitative estimate of drug-likeness (QED) is 0.379. The number of nitrogens with zero attached hydrogens (tertiary/aromatic N) is 1. The SMILES string of the molecule is CC(NC(=C1CC1)c1c(Cl)cc2c(c1Cl)CCN(C)C2)C(=O)O.CN.O=Cc1cc2ccccc2o1. The van der Waals surface area contributed by atoms with Gasteiger partial charge in [-0.2, -0.15) is 0 Å². The standard InChI is InChI=1S/C17H20Cl2N2O2.C9H6O2.CH5N/c1-9(17(22)23)20-16(10-3-4-10)14-13(18)7-11-8-21(2)6-5-12(11)15(14)19;10-6-8-5-7-3-1-2-4-9(7)11-8;1-2/h7,9,20H,3-6,8H2,1-2H3,(H,22,23);1-6H;2H2,1H3. The van der Waals surface area contributed by atoms with Crippen LogP contribution in [0.15, 0.2) is 46.4 Å². The van der Waals surface area contributed by atoms with E-state index in [0.29, 0.717) is 22.1 Å². The van der Waals surface area contributed by atoms with Gasteiger partial charge >= 0.3 is 5.97 Å². The molecule has 1 unspecified atom stereocenters. The van der Waals surface area contributed by atoms with E-state index in [9.17, 15) is 14.7 Å². The summed E-state index contributed by atoms with van der Waals surface area (Å²) in [7, 11) is 3.58. The fourth-order valence-electron chi connectivity index (χ4n) is 4.02. The monoisotopic (exact) mass is 531 g/mol. The van der Waals surface area contributed by atoms with E-state index in [1.807, 2.05) is 30.3 Å². The van der Waals surface area contributed by atoms with Crippen molar-refractivity contribution in [3.8, 4) is 0 Å². The van der Waals surface area contributed by atoms with Crippen molar-refractivity contribution in [2.75, 3.05) is 20.6 Å². The molecule has 1 aliphatic carbocycles. The summed E-state index contributed by atoms with van der Waals surface area (Å²) in [5.41, 5.74) is 10.3. The van der Waals surface area contributed by atoms with Gasteiger partial charge in [0.05, 0.1) is 10.0 Å². The molecule has 2 aliphatic rings. The highest BCUT2D eigenvalue weighted by molar-refractivity contribution is 6.38. The van der Waals surface area contributed by atoms with E-state index < -0.39 is 12.0 Å². The van der Waals surface area contributed by atoms with Crippen LogP contribution in [0.5, 0.6) is 0 Å². The first-order chi connectivity index (χ1) is 17.3. The number of halogens is 2. The molecule has 9 heteroatoms. The van der Waals surface area contributed by atoms with Crippen LogP contribution in [-0.4, -0.2) is 48.9 Å². The molecule has 7 nitrogen and oxygen atoms in total. The number of nitrogens with two attached hydrogens (primary N) is 1. The first-order valence-electron chi connectivity index (χ1n) is 11.7. The largest absolute Gasteiger partial charge is 0.480 e. The molecular formula is C27H31Cl2N3O4. The first kappa shape index (κ1) is 27.7. The summed E-state index contributed by atoms with van der Waals surface area (Å²) in [6, 6.07) is 10.5.